The summed E-state index contributed by atoms with van der Waals surface area (Å²) in [7, 11) is 2.02. The van der Waals surface area contributed by atoms with E-state index in [1.807, 2.05) is 7.05 Å². The summed E-state index contributed by atoms with van der Waals surface area (Å²) in [4.78, 5) is 2.50. The number of nitrogens with zero attached hydrogens (tertiary/aromatic N) is 1. The van der Waals surface area contributed by atoms with E-state index in [0.29, 0.717) is 17.9 Å². The molecule has 15 heavy (non-hydrogen) atoms. The summed E-state index contributed by atoms with van der Waals surface area (Å²) in [6, 6.07) is 0. The van der Waals surface area contributed by atoms with Crippen molar-refractivity contribution in [1.82, 2.24) is 10.2 Å². The molecule has 0 spiro atoms. The molecule has 0 aromatic rings. The van der Waals surface area contributed by atoms with E-state index >= 15 is 0 Å². The average molecular weight is 214 g/mol. The molecule has 1 saturated heterocycles. The summed E-state index contributed by atoms with van der Waals surface area (Å²) in [6.45, 7) is 9.42. The van der Waals surface area contributed by atoms with Gasteiger partial charge in [0, 0.05) is 26.2 Å². The number of likely N-dealkylation sites (tertiary alicyclic amines) is 1. The van der Waals surface area contributed by atoms with Gasteiger partial charge in [0.2, 0.25) is 0 Å². The molecule has 0 aromatic heterocycles. The van der Waals surface area contributed by atoms with Crippen molar-refractivity contribution in [2.75, 3.05) is 39.8 Å². The molecule has 0 aliphatic carbocycles. The van der Waals surface area contributed by atoms with Crippen molar-refractivity contribution in [3.63, 3.8) is 0 Å². The van der Waals surface area contributed by atoms with E-state index in [9.17, 15) is 0 Å². The molecule has 3 heteroatoms. The molecule has 0 amide bonds. The normalized spacial score (nSPS) is 26.8. The molecule has 0 saturated carbocycles. The summed E-state index contributed by atoms with van der Waals surface area (Å²) >= 11 is 0. The van der Waals surface area contributed by atoms with Gasteiger partial charge in [-0.05, 0) is 37.8 Å². The molecule has 2 N–H and O–H groups in total. The Morgan fingerprint density at radius 3 is 2.73 bits per heavy atom. The molecule has 1 rings (SSSR count). The van der Waals surface area contributed by atoms with Gasteiger partial charge in [0.15, 0.2) is 0 Å². The zero-order valence-corrected chi connectivity index (χ0v) is 10.4. The topological polar surface area (TPSA) is 35.5 Å². The lowest BCUT2D eigenvalue weighted by atomic mass is 9.87. The molecule has 0 aromatic carbocycles. The van der Waals surface area contributed by atoms with Crippen LogP contribution in [0.4, 0.5) is 0 Å². The molecule has 0 bridgehead atoms. The largest absolute Gasteiger partial charge is 0.396 e. The van der Waals surface area contributed by atoms with E-state index in [2.05, 4.69) is 24.1 Å². The van der Waals surface area contributed by atoms with E-state index < -0.39 is 0 Å². The fourth-order valence-corrected chi connectivity index (χ4v) is 2.46. The Morgan fingerprint density at radius 1 is 1.53 bits per heavy atom. The Balaban J connectivity index is 2.39. The minimum atomic E-state index is 0.353. The first-order valence-corrected chi connectivity index (χ1v) is 6.11. The van der Waals surface area contributed by atoms with Crippen LogP contribution in [0.25, 0.3) is 0 Å². The Morgan fingerprint density at radius 2 is 2.27 bits per heavy atom. The summed E-state index contributed by atoms with van der Waals surface area (Å²) in [5, 5.41) is 12.4. The van der Waals surface area contributed by atoms with E-state index in [1.165, 1.54) is 6.42 Å². The quantitative estimate of drug-likeness (QED) is 0.690. The van der Waals surface area contributed by atoms with Crippen molar-refractivity contribution < 1.29 is 5.11 Å². The maximum atomic E-state index is 9.10. The number of nitrogens with one attached hydrogen (secondary N) is 1. The number of aliphatic hydroxyl groups is 1. The Hall–Kier alpha value is -0.120. The van der Waals surface area contributed by atoms with E-state index in [1.54, 1.807) is 0 Å². The minimum absolute atomic E-state index is 0.353. The second kappa shape index (κ2) is 5.83. The van der Waals surface area contributed by atoms with Crippen molar-refractivity contribution in [3.05, 3.63) is 0 Å². The summed E-state index contributed by atoms with van der Waals surface area (Å²) < 4.78 is 0. The number of hydrogen-bond acceptors (Lipinski definition) is 3. The van der Waals surface area contributed by atoms with Gasteiger partial charge in [-0.25, -0.2) is 0 Å². The van der Waals surface area contributed by atoms with Crippen LogP contribution >= 0.6 is 0 Å². The van der Waals surface area contributed by atoms with Crippen LogP contribution in [0.2, 0.25) is 0 Å². The SMILES string of the molecule is CCC(C)(CNC)CN1CCC(CO)C1. The molecule has 1 fully saturated rings. The predicted octanol–water partition coefficient (Wildman–Crippen LogP) is 0.936. The molecule has 1 heterocycles. The molecule has 3 nitrogen and oxygen atoms in total. The second-order valence-corrected chi connectivity index (χ2v) is 5.27. The number of aliphatic hydroxyl groups excluding tert-OH is 1. The van der Waals surface area contributed by atoms with Crippen LogP contribution in [0, 0.1) is 11.3 Å². The minimum Gasteiger partial charge on any atom is -0.396 e. The van der Waals surface area contributed by atoms with Crippen molar-refractivity contribution in [1.29, 1.82) is 0 Å². The van der Waals surface area contributed by atoms with Crippen molar-refractivity contribution in [3.8, 4) is 0 Å². The van der Waals surface area contributed by atoms with Crippen LogP contribution in [0.3, 0.4) is 0 Å². The smallest absolute Gasteiger partial charge is 0.0471 e. The molecular formula is C12H26N2O. The van der Waals surface area contributed by atoms with Gasteiger partial charge in [0.05, 0.1) is 0 Å². The Kier molecular flexibility index (Phi) is 5.03. The maximum Gasteiger partial charge on any atom is 0.0471 e. The number of rotatable bonds is 6. The fourth-order valence-electron chi connectivity index (χ4n) is 2.46. The van der Waals surface area contributed by atoms with Crippen LogP contribution in [-0.2, 0) is 0 Å². The van der Waals surface area contributed by atoms with E-state index in [-0.39, 0.29) is 0 Å². The van der Waals surface area contributed by atoms with Gasteiger partial charge in [0.1, 0.15) is 0 Å². The summed E-state index contributed by atoms with van der Waals surface area (Å²) in [6.07, 6.45) is 2.37. The van der Waals surface area contributed by atoms with E-state index in [0.717, 1.165) is 32.6 Å². The first kappa shape index (κ1) is 12.9. The van der Waals surface area contributed by atoms with E-state index in [4.69, 9.17) is 5.11 Å². The molecule has 1 aliphatic rings. The molecular weight excluding hydrogens is 188 g/mol. The molecule has 2 unspecified atom stereocenters. The first-order chi connectivity index (χ1) is 7.13. The maximum absolute atomic E-state index is 9.10. The van der Waals surface area contributed by atoms with Crippen LogP contribution in [0.15, 0.2) is 0 Å². The van der Waals surface area contributed by atoms with Crippen LogP contribution in [0.5, 0.6) is 0 Å². The van der Waals surface area contributed by atoms with Gasteiger partial charge in [-0.1, -0.05) is 13.8 Å². The lowest BCUT2D eigenvalue weighted by Gasteiger charge is -2.32. The molecule has 0 radical (unpaired) electrons. The third-order valence-electron chi connectivity index (χ3n) is 3.69. The highest BCUT2D eigenvalue weighted by Crippen LogP contribution is 2.25. The van der Waals surface area contributed by atoms with Crippen LogP contribution in [-0.4, -0.2) is 49.8 Å². The van der Waals surface area contributed by atoms with Gasteiger partial charge in [-0.15, -0.1) is 0 Å². The predicted molar refractivity (Wildman–Crippen MR) is 64.0 cm³/mol. The Labute approximate surface area is 93.9 Å². The standard InChI is InChI=1S/C12H26N2O/c1-4-12(2,9-13-3)10-14-6-5-11(7-14)8-15/h11,13,15H,4-10H2,1-3H3. The van der Waals surface area contributed by atoms with Gasteiger partial charge < -0.3 is 15.3 Å². The molecule has 1 aliphatic heterocycles. The van der Waals surface area contributed by atoms with Gasteiger partial charge in [-0.2, -0.15) is 0 Å². The first-order valence-electron chi connectivity index (χ1n) is 6.11. The fraction of sp³-hybridized carbons (Fsp3) is 1.00. The average Bonchev–Trinajstić information content (AvgIpc) is 2.66. The Bertz CT molecular complexity index is 186. The summed E-state index contributed by atoms with van der Waals surface area (Å²) in [5.41, 5.74) is 0.374. The highest BCUT2D eigenvalue weighted by molar-refractivity contribution is 4.83. The summed E-state index contributed by atoms with van der Waals surface area (Å²) in [5.74, 6) is 0.515. The highest BCUT2D eigenvalue weighted by atomic mass is 16.3. The third-order valence-corrected chi connectivity index (χ3v) is 3.69. The van der Waals surface area contributed by atoms with Crippen molar-refractivity contribution >= 4 is 0 Å². The molecule has 90 valence electrons. The van der Waals surface area contributed by atoms with Crippen LogP contribution < -0.4 is 5.32 Å². The molecule has 2 atom stereocenters. The van der Waals surface area contributed by atoms with Gasteiger partial charge >= 0.3 is 0 Å². The second-order valence-electron chi connectivity index (χ2n) is 5.27. The lowest BCUT2D eigenvalue weighted by Crippen LogP contribution is -2.40. The third kappa shape index (κ3) is 3.74. The zero-order valence-electron chi connectivity index (χ0n) is 10.4. The van der Waals surface area contributed by atoms with Gasteiger partial charge in [-0.3, -0.25) is 0 Å². The van der Waals surface area contributed by atoms with Gasteiger partial charge in [0.25, 0.3) is 0 Å². The highest BCUT2D eigenvalue weighted by Gasteiger charge is 2.29. The lowest BCUT2D eigenvalue weighted by molar-refractivity contribution is 0.167. The number of hydrogen-bond donors (Lipinski definition) is 2. The zero-order chi connectivity index (χ0) is 11.3. The van der Waals surface area contributed by atoms with Crippen LogP contribution in [0.1, 0.15) is 26.7 Å². The van der Waals surface area contributed by atoms with Crippen molar-refractivity contribution in [2.45, 2.75) is 26.7 Å². The monoisotopic (exact) mass is 214 g/mol. The van der Waals surface area contributed by atoms with Crippen molar-refractivity contribution in [2.24, 2.45) is 11.3 Å².